The van der Waals surface area contributed by atoms with E-state index < -0.39 is 11.0 Å². The predicted molar refractivity (Wildman–Crippen MR) is 58.4 cm³/mol. The Bertz CT molecular complexity index is 474. The second-order valence-corrected chi connectivity index (χ2v) is 3.23. The van der Waals surface area contributed by atoms with Crippen LogP contribution in [0.1, 0.15) is 5.56 Å². The Hall–Kier alpha value is -2.51. The van der Waals surface area contributed by atoms with E-state index in [0.29, 0.717) is 0 Å². The summed E-state index contributed by atoms with van der Waals surface area (Å²) >= 11 is 0. The minimum atomic E-state index is -1.51. The van der Waals surface area contributed by atoms with Gasteiger partial charge < -0.3 is 24.7 Å². The summed E-state index contributed by atoms with van der Waals surface area (Å²) in [5, 5.41) is 23.1. The number of hydrogen-bond donors (Lipinski definition) is 1. The molecule has 1 rings (SSSR count). The molecule has 0 bridgehead atoms. The van der Waals surface area contributed by atoms with Crippen LogP contribution < -0.4 is 19.9 Å². The lowest BCUT2D eigenvalue weighted by molar-refractivity contribution is -0.385. The smallest absolute Gasteiger partial charge is 0.278 e. The van der Waals surface area contributed by atoms with Gasteiger partial charge in [0, 0.05) is 6.54 Å². The zero-order valence-corrected chi connectivity index (χ0v) is 9.76. The summed E-state index contributed by atoms with van der Waals surface area (Å²) < 4.78 is 9.91. The topological polar surface area (TPSA) is 114 Å². The van der Waals surface area contributed by atoms with Gasteiger partial charge in [-0.25, -0.2) is 0 Å². The average molecular weight is 255 g/mol. The minimum Gasteiger partial charge on any atom is -0.530 e. The highest BCUT2D eigenvalue weighted by Crippen LogP contribution is 2.34. The van der Waals surface area contributed by atoms with Crippen molar-refractivity contribution < 1.29 is 24.3 Å². The van der Waals surface area contributed by atoms with Crippen LogP contribution in [0, 0.1) is 10.1 Å². The molecule has 0 spiro atoms. The molecule has 8 nitrogen and oxygen atoms in total. The molecule has 0 unspecified atom stereocenters. The van der Waals surface area contributed by atoms with Gasteiger partial charge in [-0.1, -0.05) is 0 Å². The number of nitrogens with zero attached hydrogens (tertiary/aromatic N) is 1. The maximum absolute atomic E-state index is 10.9. The number of nitro groups is 1. The monoisotopic (exact) mass is 255 g/mol. The number of carboxylic acid groups (broad SMARTS) is 1. The number of methoxy groups -OCH3 is 2. The van der Waals surface area contributed by atoms with Crippen molar-refractivity contribution in [3.8, 4) is 11.5 Å². The molecule has 0 aliphatic rings. The first-order chi connectivity index (χ1) is 8.49. The van der Waals surface area contributed by atoms with Gasteiger partial charge in [0.2, 0.25) is 0 Å². The molecule has 0 heterocycles. The second kappa shape index (κ2) is 5.71. The number of carbonyl (C=O) groups excluding carboxylic acids is 1. The van der Waals surface area contributed by atoms with E-state index in [2.05, 4.69) is 0 Å². The standard InChI is InChI=1S/C10H12N2O6/c1-17-8-3-6(5-11-10(13)14)7(12(15)16)4-9(8)18-2/h3-4,11H,5H2,1-2H3,(H,13,14)/p-1. The molecule has 18 heavy (non-hydrogen) atoms. The van der Waals surface area contributed by atoms with E-state index in [-0.39, 0.29) is 29.3 Å². The number of carbonyl (C=O) groups is 1. The number of rotatable bonds is 5. The number of nitrogens with one attached hydrogen (secondary N) is 1. The van der Waals surface area contributed by atoms with Crippen LogP contribution in [0.25, 0.3) is 0 Å². The molecule has 0 aromatic heterocycles. The van der Waals surface area contributed by atoms with Crippen LogP contribution in [0.3, 0.4) is 0 Å². The molecular weight excluding hydrogens is 244 g/mol. The van der Waals surface area contributed by atoms with Crippen LogP contribution in [-0.4, -0.2) is 25.2 Å². The van der Waals surface area contributed by atoms with Gasteiger partial charge in [0.15, 0.2) is 11.5 Å². The van der Waals surface area contributed by atoms with Crippen molar-refractivity contribution >= 4 is 11.8 Å². The van der Waals surface area contributed by atoms with Crippen molar-refractivity contribution in [3.63, 3.8) is 0 Å². The Balaban J connectivity index is 3.20. The number of ether oxygens (including phenoxy) is 2. The van der Waals surface area contributed by atoms with E-state index >= 15 is 0 Å². The largest absolute Gasteiger partial charge is 0.530 e. The lowest BCUT2D eigenvalue weighted by Crippen LogP contribution is -2.36. The Morgan fingerprint density at radius 3 is 2.33 bits per heavy atom. The zero-order valence-electron chi connectivity index (χ0n) is 9.76. The third-order valence-electron chi connectivity index (χ3n) is 2.20. The zero-order chi connectivity index (χ0) is 13.7. The van der Waals surface area contributed by atoms with Crippen molar-refractivity contribution in [1.29, 1.82) is 0 Å². The summed E-state index contributed by atoms with van der Waals surface area (Å²) in [5.41, 5.74) is -0.108. The fraction of sp³-hybridized carbons (Fsp3) is 0.300. The molecule has 0 saturated heterocycles. The molecule has 0 aliphatic heterocycles. The minimum absolute atomic E-state index is 0.154. The van der Waals surface area contributed by atoms with Crippen LogP contribution >= 0.6 is 0 Å². The third-order valence-corrected chi connectivity index (χ3v) is 2.20. The molecule has 0 aliphatic carbocycles. The first-order valence-electron chi connectivity index (χ1n) is 4.83. The molecule has 1 aromatic rings. The molecule has 1 amide bonds. The Morgan fingerprint density at radius 2 is 1.89 bits per heavy atom. The Morgan fingerprint density at radius 1 is 1.33 bits per heavy atom. The fourth-order valence-corrected chi connectivity index (χ4v) is 1.39. The number of benzene rings is 1. The highest BCUT2D eigenvalue weighted by Gasteiger charge is 2.19. The summed E-state index contributed by atoms with van der Waals surface area (Å²) in [6.07, 6.45) is -1.51. The lowest BCUT2D eigenvalue weighted by Gasteiger charge is -2.11. The SMILES string of the molecule is COc1cc(CNC(=O)[O-])c([N+](=O)[O-])cc1OC. The number of nitro benzene ring substituents is 1. The van der Waals surface area contributed by atoms with Gasteiger partial charge >= 0.3 is 0 Å². The molecule has 0 fully saturated rings. The highest BCUT2D eigenvalue weighted by atomic mass is 16.6. The molecular formula is C10H11N2O6-. The molecule has 98 valence electrons. The number of hydrogen-bond acceptors (Lipinski definition) is 6. The maximum Gasteiger partial charge on any atom is 0.278 e. The van der Waals surface area contributed by atoms with E-state index in [1.54, 1.807) is 0 Å². The van der Waals surface area contributed by atoms with Crippen LogP contribution in [0.5, 0.6) is 11.5 Å². The quantitative estimate of drug-likeness (QED) is 0.587. The molecule has 0 radical (unpaired) electrons. The van der Waals surface area contributed by atoms with Crippen LogP contribution in [0.2, 0.25) is 0 Å². The van der Waals surface area contributed by atoms with Gasteiger partial charge in [0.1, 0.15) is 6.09 Å². The second-order valence-electron chi connectivity index (χ2n) is 3.23. The average Bonchev–Trinajstić information content (AvgIpc) is 2.34. The summed E-state index contributed by atoms with van der Waals surface area (Å²) in [6.45, 7) is -0.251. The van der Waals surface area contributed by atoms with Crippen molar-refractivity contribution in [2.24, 2.45) is 0 Å². The summed E-state index contributed by atoms with van der Waals surface area (Å²) in [4.78, 5) is 20.5. The van der Waals surface area contributed by atoms with Crippen LogP contribution in [0.15, 0.2) is 12.1 Å². The molecule has 0 saturated carbocycles. The highest BCUT2D eigenvalue weighted by molar-refractivity contribution is 5.63. The molecule has 1 N–H and O–H groups in total. The summed E-state index contributed by atoms with van der Waals surface area (Å²) in [5.74, 6) is 0.472. The molecule has 0 atom stereocenters. The van der Waals surface area contributed by atoms with E-state index in [1.165, 1.54) is 26.4 Å². The van der Waals surface area contributed by atoms with E-state index in [1.807, 2.05) is 5.32 Å². The first kappa shape index (κ1) is 13.6. The van der Waals surface area contributed by atoms with E-state index in [0.717, 1.165) is 0 Å². The van der Waals surface area contributed by atoms with Gasteiger partial charge in [0.25, 0.3) is 5.69 Å². The predicted octanol–water partition coefficient (Wildman–Crippen LogP) is 0.0449. The van der Waals surface area contributed by atoms with E-state index in [9.17, 15) is 20.0 Å². The van der Waals surface area contributed by atoms with Crippen molar-refractivity contribution in [2.75, 3.05) is 14.2 Å². The normalized spacial score (nSPS) is 9.67. The van der Waals surface area contributed by atoms with Gasteiger partial charge in [-0.3, -0.25) is 10.1 Å². The van der Waals surface area contributed by atoms with Crippen molar-refractivity contribution in [3.05, 3.63) is 27.8 Å². The van der Waals surface area contributed by atoms with Crippen LogP contribution in [0.4, 0.5) is 10.5 Å². The van der Waals surface area contributed by atoms with Crippen LogP contribution in [-0.2, 0) is 6.54 Å². The van der Waals surface area contributed by atoms with Crippen molar-refractivity contribution in [2.45, 2.75) is 6.54 Å². The van der Waals surface area contributed by atoms with Gasteiger partial charge in [0.05, 0.1) is 30.8 Å². The Labute approximate surface area is 102 Å². The number of amides is 1. The van der Waals surface area contributed by atoms with Gasteiger partial charge in [-0.15, -0.1) is 0 Å². The first-order valence-corrected chi connectivity index (χ1v) is 4.83. The lowest BCUT2D eigenvalue weighted by atomic mass is 10.1. The summed E-state index contributed by atoms with van der Waals surface area (Å²) in [7, 11) is 2.72. The van der Waals surface area contributed by atoms with E-state index in [4.69, 9.17) is 9.47 Å². The third kappa shape index (κ3) is 3.00. The van der Waals surface area contributed by atoms with Gasteiger partial charge in [-0.2, -0.15) is 0 Å². The maximum atomic E-state index is 10.9. The van der Waals surface area contributed by atoms with Gasteiger partial charge in [-0.05, 0) is 6.07 Å². The summed E-state index contributed by atoms with van der Waals surface area (Å²) in [6, 6.07) is 2.51. The molecule has 8 heteroatoms. The fourth-order valence-electron chi connectivity index (χ4n) is 1.39. The Kier molecular flexibility index (Phi) is 4.30. The van der Waals surface area contributed by atoms with Crippen molar-refractivity contribution in [1.82, 2.24) is 5.32 Å². The molecule has 1 aromatic carbocycles.